The topological polar surface area (TPSA) is 75.6 Å². The number of fused-ring (bicyclic) bond motifs is 1. The number of anilines is 2. The van der Waals surface area contributed by atoms with Crippen LogP contribution in [0.2, 0.25) is 0 Å². The molecule has 2 unspecified atom stereocenters. The maximum absolute atomic E-state index is 15.2. The largest absolute Gasteiger partial charge is 0.495 e. The van der Waals surface area contributed by atoms with Crippen LogP contribution in [0.25, 0.3) is 10.9 Å². The summed E-state index contributed by atoms with van der Waals surface area (Å²) in [6.45, 7) is -0.188. The summed E-state index contributed by atoms with van der Waals surface area (Å²) < 4.78 is 86.0. The van der Waals surface area contributed by atoms with Crippen LogP contribution in [0.15, 0.2) is 47.4 Å². The van der Waals surface area contributed by atoms with Crippen LogP contribution >= 0.6 is 0 Å². The molecule has 1 fully saturated rings. The summed E-state index contributed by atoms with van der Waals surface area (Å²) in [5, 5.41) is 6.64. The number of nitrogens with one attached hydrogen (secondary N) is 2. The summed E-state index contributed by atoms with van der Waals surface area (Å²) in [6, 6.07) is 10.5. The van der Waals surface area contributed by atoms with Crippen molar-refractivity contribution in [2.45, 2.75) is 41.5 Å². The number of hydrogen-bond donors (Lipinski definition) is 2. The van der Waals surface area contributed by atoms with Crippen LogP contribution in [0.4, 0.5) is 28.9 Å². The Morgan fingerprint density at radius 2 is 1.86 bits per heavy atom. The fraction of sp³-hybridized carbons (Fsp3) is 0.407. The van der Waals surface area contributed by atoms with Gasteiger partial charge in [-0.2, -0.15) is 13.2 Å². The fourth-order valence-electron chi connectivity index (χ4n) is 5.06. The van der Waals surface area contributed by atoms with E-state index in [2.05, 4.69) is 27.4 Å². The van der Waals surface area contributed by atoms with E-state index in [9.17, 15) is 21.6 Å². The molecule has 0 saturated carbocycles. The normalized spacial score (nSPS) is 18.3. The molecular formula is C27H33B3F4N4O3S. The van der Waals surface area contributed by atoms with Crippen LogP contribution in [0.3, 0.4) is 0 Å². The molecule has 1 aliphatic heterocycles. The number of methoxy groups -OCH3 is 1. The van der Waals surface area contributed by atoms with Gasteiger partial charge >= 0.3 is 6.18 Å². The smallest absolute Gasteiger partial charge is 0.406 e. The number of nitrogens with zero attached hydrogens (tertiary/aromatic N) is 2. The molecule has 1 aromatic heterocycles. The molecule has 2 heterocycles. The van der Waals surface area contributed by atoms with Gasteiger partial charge < -0.3 is 24.8 Å². The lowest BCUT2D eigenvalue weighted by Gasteiger charge is -2.43. The van der Waals surface area contributed by atoms with Crippen LogP contribution in [-0.2, 0) is 16.4 Å². The molecule has 3 aromatic rings. The Balaban J connectivity index is 1.59. The van der Waals surface area contributed by atoms with Gasteiger partial charge in [0.15, 0.2) is 9.84 Å². The lowest BCUT2D eigenvalue weighted by Crippen LogP contribution is -2.58. The van der Waals surface area contributed by atoms with E-state index in [1.54, 1.807) is 30.3 Å². The van der Waals surface area contributed by atoms with E-state index in [0.717, 1.165) is 10.8 Å². The van der Waals surface area contributed by atoms with E-state index >= 15 is 4.39 Å². The molecule has 1 saturated heterocycles. The predicted octanol–water partition coefficient (Wildman–Crippen LogP) is 1.41. The number of halogens is 4. The molecule has 0 bridgehead atoms. The van der Waals surface area contributed by atoms with Crippen LogP contribution in [0.5, 0.6) is 5.75 Å². The number of benzene rings is 2. The van der Waals surface area contributed by atoms with Gasteiger partial charge in [-0.25, -0.2) is 12.8 Å². The number of hydrogen-bond acceptors (Lipinski definition) is 6. The molecule has 42 heavy (non-hydrogen) atoms. The molecular weight excluding hydrogens is 569 g/mol. The third-order valence-electron chi connectivity index (χ3n) is 7.30. The van der Waals surface area contributed by atoms with Gasteiger partial charge in [0.1, 0.15) is 42.0 Å². The van der Waals surface area contributed by atoms with Gasteiger partial charge in [-0.15, -0.1) is 0 Å². The van der Waals surface area contributed by atoms with Crippen LogP contribution in [0.1, 0.15) is 12.1 Å². The molecule has 7 nitrogen and oxygen atoms in total. The Kier molecular flexibility index (Phi) is 9.18. The highest BCUT2D eigenvalue weighted by molar-refractivity contribution is 7.90. The molecule has 222 valence electrons. The monoisotopic (exact) mass is 602 g/mol. The standard InChI is InChI=1S/C27H33B3F4N4O3S/c1-41-25-14-18(42(2,39)40)8-9-23(25)35-11-4-5-17-13-19-21(6-3-7-24(19)38(17)16-26(32,33)34)36-22-10-12-37(15-20(22)31)27(28,29)30/h3,6-9,13-14,20,22,35-36H,10-12,15-16,28-30H2,1-2H3. The molecule has 0 aliphatic carbocycles. The SMILES string of the molecule is BC(B)(B)N1CCC(Nc2cccc3c2cc(C#CCNc2ccc(S(C)(=O)=O)cc2OC)n3CC(F)(F)F)C(F)C1. The van der Waals surface area contributed by atoms with Gasteiger partial charge in [-0.3, -0.25) is 0 Å². The second kappa shape index (κ2) is 12.2. The van der Waals surface area contributed by atoms with Crippen LogP contribution in [-0.4, -0.2) is 98.1 Å². The van der Waals surface area contributed by atoms with E-state index in [1.807, 2.05) is 23.5 Å². The molecule has 0 radical (unpaired) electrons. The van der Waals surface area contributed by atoms with Crippen molar-refractivity contribution in [2.75, 3.05) is 43.6 Å². The zero-order valence-corrected chi connectivity index (χ0v) is 25.1. The first kappa shape index (κ1) is 31.7. The van der Waals surface area contributed by atoms with E-state index in [0.29, 0.717) is 41.0 Å². The minimum Gasteiger partial charge on any atom is -0.495 e. The number of ether oxygens (including phenoxy) is 1. The van der Waals surface area contributed by atoms with Crippen molar-refractivity contribution < 1.29 is 30.7 Å². The minimum atomic E-state index is -4.48. The second-order valence-electron chi connectivity index (χ2n) is 11.4. The van der Waals surface area contributed by atoms with E-state index in [-0.39, 0.29) is 28.9 Å². The third-order valence-corrected chi connectivity index (χ3v) is 8.41. The maximum atomic E-state index is 15.2. The molecule has 15 heteroatoms. The predicted molar refractivity (Wildman–Crippen MR) is 166 cm³/mol. The number of rotatable bonds is 8. The Bertz CT molecular complexity index is 1610. The second-order valence-corrected chi connectivity index (χ2v) is 13.4. The third kappa shape index (κ3) is 7.58. The lowest BCUT2D eigenvalue weighted by atomic mass is 9.48. The number of sulfone groups is 1. The van der Waals surface area contributed by atoms with Crippen molar-refractivity contribution in [3.8, 4) is 17.6 Å². The fourth-order valence-corrected chi connectivity index (χ4v) is 5.70. The molecule has 2 aromatic carbocycles. The number of likely N-dealkylation sites (tertiary alicyclic amines) is 1. The number of aromatic nitrogens is 1. The van der Waals surface area contributed by atoms with Gasteiger partial charge in [0.25, 0.3) is 0 Å². The highest BCUT2D eigenvalue weighted by Crippen LogP contribution is 2.32. The van der Waals surface area contributed by atoms with Crippen LogP contribution < -0.4 is 15.4 Å². The summed E-state index contributed by atoms with van der Waals surface area (Å²) in [7, 11) is 4.10. The summed E-state index contributed by atoms with van der Waals surface area (Å²) in [4.78, 5) is 2.18. The lowest BCUT2D eigenvalue weighted by molar-refractivity contribution is -0.140. The highest BCUT2D eigenvalue weighted by Gasteiger charge is 2.34. The molecule has 4 rings (SSSR count). The van der Waals surface area contributed by atoms with Crippen molar-refractivity contribution in [3.63, 3.8) is 0 Å². The quantitative estimate of drug-likeness (QED) is 0.231. The van der Waals surface area contributed by atoms with Crippen molar-refractivity contribution >= 4 is 55.7 Å². The zero-order chi connectivity index (χ0) is 30.9. The molecule has 0 amide bonds. The summed E-state index contributed by atoms with van der Waals surface area (Å²) in [5.74, 6) is 5.98. The van der Waals surface area contributed by atoms with Crippen molar-refractivity contribution in [3.05, 3.63) is 48.2 Å². The van der Waals surface area contributed by atoms with Gasteiger partial charge in [-0.1, -0.05) is 17.2 Å². The molecule has 0 spiro atoms. The average Bonchev–Trinajstić information content (AvgIpc) is 3.23. The molecule has 1 aliphatic rings. The highest BCUT2D eigenvalue weighted by atomic mass is 32.2. The summed E-state index contributed by atoms with van der Waals surface area (Å²) >= 11 is 0. The number of piperidine rings is 1. The first-order valence-electron chi connectivity index (χ1n) is 13.5. The Morgan fingerprint density at radius 3 is 2.48 bits per heavy atom. The number of alkyl halides is 4. The van der Waals surface area contributed by atoms with Crippen molar-refractivity contribution in [1.29, 1.82) is 0 Å². The maximum Gasteiger partial charge on any atom is 0.406 e. The van der Waals surface area contributed by atoms with E-state index < -0.39 is 34.8 Å². The van der Waals surface area contributed by atoms with Gasteiger partial charge in [0.2, 0.25) is 0 Å². The van der Waals surface area contributed by atoms with E-state index in [4.69, 9.17) is 4.74 Å². The van der Waals surface area contributed by atoms with Gasteiger partial charge in [-0.05, 0) is 49.2 Å². The zero-order valence-electron chi connectivity index (χ0n) is 24.3. The van der Waals surface area contributed by atoms with Crippen molar-refractivity contribution in [2.24, 2.45) is 0 Å². The minimum absolute atomic E-state index is 0.0586. The molecule has 2 N–H and O–H groups in total. The average molecular weight is 602 g/mol. The van der Waals surface area contributed by atoms with Gasteiger partial charge in [0.05, 0.1) is 41.5 Å². The Morgan fingerprint density at radius 1 is 1.12 bits per heavy atom. The summed E-state index contributed by atoms with van der Waals surface area (Å²) in [5.41, 5.74) is 1.55. The van der Waals surface area contributed by atoms with Gasteiger partial charge in [0, 0.05) is 29.9 Å². The first-order chi connectivity index (χ1) is 19.6. The van der Waals surface area contributed by atoms with Crippen molar-refractivity contribution in [1.82, 2.24) is 9.47 Å². The molecule has 2 atom stereocenters. The first-order valence-corrected chi connectivity index (χ1v) is 15.4. The Labute approximate surface area is 246 Å². The Hall–Kier alpha value is -3.24. The van der Waals surface area contributed by atoms with Crippen LogP contribution in [0, 0.1) is 11.8 Å². The summed E-state index contributed by atoms with van der Waals surface area (Å²) in [6.07, 6.45) is -3.97. The van der Waals surface area contributed by atoms with E-state index in [1.165, 1.54) is 19.2 Å².